The minimum atomic E-state index is -1.26. The molecule has 0 aromatic heterocycles. The average Bonchev–Trinajstić information content (AvgIpc) is 3.03. The van der Waals surface area contributed by atoms with Gasteiger partial charge in [0.1, 0.15) is 12.2 Å². The van der Waals surface area contributed by atoms with E-state index in [1.54, 1.807) is 19.3 Å². The van der Waals surface area contributed by atoms with E-state index < -0.39 is 23.1 Å². The fourth-order valence-corrected chi connectivity index (χ4v) is 8.60. The van der Waals surface area contributed by atoms with Crippen molar-refractivity contribution in [2.75, 3.05) is 13.7 Å². The molecule has 6 nitrogen and oxygen atoms in total. The van der Waals surface area contributed by atoms with Gasteiger partial charge in [0.05, 0.1) is 6.10 Å². The van der Waals surface area contributed by atoms with Crippen LogP contribution in [0.15, 0.2) is 23.8 Å². The molecule has 0 aromatic rings. The van der Waals surface area contributed by atoms with Crippen LogP contribution in [0.3, 0.4) is 0 Å². The zero-order chi connectivity index (χ0) is 24.0. The van der Waals surface area contributed by atoms with Crippen LogP contribution in [0.5, 0.6) is 0 Å². The molecule has 4 fully saturated rings. The summed E-state index contributed by atoms with van der Waals surface area (Å²) in [6.07, 6.45) is 7.77. The Morgan fingerprint density at radius 3 is 2.64 bits per heavy atom. The molecule has 6 heteroatoms. The van der Waals surface area contributed by atoms with Crippen molar-refractivity contribution >= 4 is 11.6 Å². The van der Waals surface area contributed by atoms with E-state index in [2.05, 4.69) is 20.8 Å². The molecule has 3 saturated carbocycles. The summed E-state index contributed by atoms with van der Waals surface area (Å²) in [6.45, 7) is 10.4. The molecule has 1 heterocycles. The standard InChI is InChI=1S/C27H38O6/c1-15(2)27(31-6)32-14-22(30)26(33-27)10-8-19-18-11-16(3)20-12-17(28)7-9-24(20,4)23(18)21(29)13-25(19,26)5/h7,9,12,15-16,18-19,21,23,29H,8,10-11,13-14H2,1-6H3/t16-,18?,19?,21-,23?,24?,25?,26-,27?/m0/s1. The minimum Gasteiger partial charge on any atom is -0.393 e. The van der Waals surface area contributed by atoms with Crippen molar-refractivity contribution in [1.29, 1.82) is 0 Å². The minimum absolute atomic E-state index is 0.0183. The van der Waals surface area contributed by atoms with Crippen LogP contribution in [-0.2, 0) is 23.8 Å². The van der Waals surface area contributed by atoms with Crippen LogP contribution in [0.1, 0.15) is 60.3 Å². The zero-order valence-corrected chi connectivity index (χ0v) is 20.7. The monoisotopic (exact) mass is 458 g/mol. The van der Waals surface area contributed by atoms with Gasteiger partial charge in [-0.15, -0.1) is 0 Å². The van der Waals surface area contributed by atoms with Gasteiger partial charge in [0, 0.05) is 29.8 Å². The highest BCUT2D eigenvalue weighted by molar-refractivity contribution is 6.01. The molecule has 0 radical (unpaired) electrons. The van der Waals surface area contributed by atoms with Crippen LogP contribution < -0.4 is 0 Å². The second-order valence-electron chi connectivity index (χ2n) is 11.9. The van der Waals surface area contributed by atoms with Crippen LogP contribution in [0, 0.1) is 40.4 Å². The number of carbonyl (C=O) groups excluding carboxylic acids is 2. The molecule has 1 N–H and O–H groups in total. The average molecular weight is 459 g/mol. The Kier molecular flexibility index (Phi) is 5.20. The second kappa shape index (κ2) is 7.33. The van der Waals surface area contributed by atoms with Crippen LogP contribution in [0.25, 0.3) is 0 Å². The SMILES string of the molecule is COC1(C(C)C)OCC(=O)[C@]2(CCC3C4C[C@H](C)C5=CC(=O)C=CC5(C)C4[C@@H](O)CC32C)O1. The molecule has 4 aliphatic carbocycles. The fourth-order valence-electron chi connectivity index (χ4n) is 8.60. The van der Waals surface area contributed by atoms with Crippen molar-refractivity contribution in [2.24, 2.45) is 40.4 Å². The Labute approximate surface area is 196 Å². The molecule has 1 saturated heterocycles. The van der Waals surface area contributed by atoms with Gasteiger partial charge >= 0.3 is 0 Å². The van der Waals surface area contributed by atoms with E-state index in [0.29, 0.717) is 12.8 Å². The van der Waals surface area contributed by atoms with Crippen LogP contribution in [0.4, 0.5) is 0 Å². The van der Waals surface area contributed by atoms with E-state index in [4.69, 9.17) is 14.2 Å². The maximum Gasteiger partial charge on any atom is 0.286 e. The van der Waals surface area contributed by atoms with Crippen LogP contribution >= 0.6 is 0 Å². The van der Waals surface area contributed by atoms with Crippen molar-refractivity contribution < 1.29 is 28.9 Å². The fraction of sp³-hybridized carbons (Fsp3) is 0.778. The number of hydrogen-bond acceptors (Lipinski definition) is 6. The summed E-state index contributed by atoms with van der Waals surface area (Å²) in [5, 5.41) is 11.7. The number of allylic oxidation sites excluding steroid dienone is 4. The highest BCUT2D eigenvalue weighted by atomic mass is 16.9. The van der Waals surface area contributed by atoms with Gasteiger partial charge < -0.3 is 19.3 Å². The van der Waals surface area contributed by atoms with Crippen molar-refractivity contribution in [3.63, 3.8) is 0 Å². The number of carbonyl (C=O) groups is 2. The summed E-state index contributed by atoms with van der Waals surface area (Å²) in [4.78, 5) is 25.7. The quantitative estimate of drug-likeness (QED) is 0.677. The summed E-state index contributed by atoms with van der Waals surface area (Å²) in [5.74, 6) is -0.616. The third kappa shape index (κ3) is 2.87. The molecule has 1 aliphatic heterocycles. The smallest absolute Gasteiger partial charge is 0.286 e. The molecule has 1 spiro atoms. The second-order valence-corrected chi connectivity index (χ2v) is 11.9. The third-order valence-electron chi connectivity index (χ3n) is 10.1. The van der Waals surface area contributed by atoms with Crippen molar-refractivity contribution in [3.8, 4) is 0 Å². The Hall–Kier alpha value is -1.34. The number of aliphatic hydroxyl groups excluding tert-OH is 1. The van der Waals surface area contributed by atoms with Crippen molar-refractivity contribution in [2.45, 2.75) is 78.0 Å². The molecule has 0 aromatic carbocycles. The van der Waals surface area contributed by atoms with E-state index in [9.17, 15) is 14.7 Å². The first-order valence-corrected chi connectivity index (χ1v) is 12.5. The highest BCUT2D eigenvalue weighted by Gasteiger charge is 2.72. The number of methoxy groups -OCH3 is 1. The third-order valence-corrected chi connectivity index (χ3v) is 10.1. The summed E-state index contributed by atoms with van der Waals surface area (Å²) >= 11 is 0. The Bertz CT molecular complexity index is 937. The first kappa shape index (κ1) is 23.4. The molecule has 5 aliphatic rings. The van der Waals surface area contributed by atoms with E-state index in [0.717, 1.165) is 18.4 Å². The number of fused-ring (bicyclic) bond motifs is 6. The molecule has 6 unspecified atom stereocenters. The number of aliphatic hydroxyl groups is 1. The Balaban J connectivity index is 1.57. The van der Waals surface area contributed by atoms with E-state index >= 15 is 0 Å². The molecule has 182 valence electrons. The van der Waals surface area contributed by atoms with Gasteiger partial charge in [-0.1, -0.05) is 46.3 Å². The molecule has 0 amide bonds. The number of Topliss-reactive ketones (excluding diaryl/α,β-unsaturated/α-hetero) is 1. The molecule has 5 rings (SSSR count). The normalized spacial score (nSPS) is 51.4. The lowest BCUT2D eigenvalue weighted by molar-refractivity contribution is -0.440. The van der Waals surface area contributed by atoms with Gasteiger partial charge in [-0.05, 0) is 55.6 Å². The predicted molar refractivity (Wildman–Crippen MR) is 122 cm³/mol. The summed E-state index contributed by atoms with van der Waals surface area (Å²) < 4.78 is 18.2. The van der Waals surface area contributed by atoms with E-state index in [-0.39, 0.29) is 53.2 Å². The number of ether oxygens (including phenoxy) is 3. The topological polar surface area (TPSA) is 82.1 Å². The molecule has 0 bridgehead atoms. The first-order chi connectivity index (χ1) is 15.4. The summed E-state index contributed by atoms with van der Waals surface area (Å²) in [7, 11) is 1.57. The van der Waals surface area contributed by atoms with Crippen molar-refractivity contribution in [1.82, 2.24) is 0 Å². The van der Waals surface area contributed by atoms with Gasteiger partial charge in [0.2, 0.25) is 0 Å². The van der Waals surface area contributed by atoms with Gasteiger partial charge in [0.15, 0.2) is 11.6 Å². The lowest BCUT2D eigenvalue weighted by atomic mass is 9.44. The molecular weight excluding hydrogens is 420 g/mol. The maximum atomic E-state index is 13.5. The van der Waals surface area contributed by atoms with Crippen molar-refractivity contribution in [3.05, 3.63) is 23.8 Å². The zero-order valence-electron chi connectivity index (χ0n) is 20.7. The van der Waals surface area contributed by atoms with Crippen LogP contribution in [-0.4, -0.2) is 48.1 Å². The lowest BCUT2D eigenvalue weighted by Crippen LogP contribution is -2.68. The van der Waals surface area contributed by atoms with E-state index in [1.165, 1.54) is 0 Å². The first-order valence-electron chi connectivity index (χ1n) is 12.5. The number of rotatable bonds is 2. The number of hydrogen-bond donors (Lipinski definition) is 1. The van der Waals surface area contributed by atoms with Crippen LogP contribution in [0.2, 0.25) is 0 Å². The van der Waals surface area contributed by atoms with Gasteiger partial charge in [-0.2, -0.15) is 0 Å². The maximum absolute atomic E-state index is 13.5. The lowest BCUT2D eigenvalue weighted by Gasteiger charge is -2.62. The molecule has 9 atom stereocenters. The van der Waals surface area contributed by atoms with Gasteiger partial charge in [-0.25, -0.2) is 0 Å². The Morgan fingerprint density at radius 2 is 1.97 bits per heavy atom. The predicted octanol–water partition coefficient (Wildman–Crippen LogP) is 3.82. The van der Waals surface area contributed by atoms with Gasteiger partial charge in [-0.3, -0.25) is 9.59 Å². The summed E-state index contributed by atoms with van der Waals surface area (Å²) in [5.41, 5.74) is -0.746. The largest absolute Gasteiger partial charge is 0.393 e. The number of ketones is 2. The molecule has 33 heavy (non-hydrogen) atoms. The summed E-state index contributed by atoms with van der Waals surface area (Å²) in [6, 6.07) is 0. The Morgan fingerprint density at radius 1 is 1.24 bits per heavy atom. The van der Waals surface area contributed by atoms with E-state index in [1.807, 2.05) is 19.9 Å². The highest BCUT2D eigenvalue weighted by Crippen LogP contribution is 2.69. The molecular formula is C27H38O6. The van der Waals surface area contributed by atoms with Gasteiger partial charge in [0.25, 0.3) is 5.97 Å².